The van der Waals surface area contributed by atoms with Gasteiger partial charge in [-0.25, -0.2) is 0 Å². The average molecular weight is 341 g/mol. The minimum atomic E-state index is -0.178. The van der Waals surface area contributed by atoms with Gasteiger partial charge in [0.2, 0.25) is 11.8 Å². The summed E-state index contributed by atoms with van der Waals surface area (Å²) in [4.78, 5) is 26.1. The topological polar surface area (TPSA) is 61.4 Å². The van der Waals surface area contributed by atoms with E-state index in [-0.39, 0.29) is 17.7 Å². The SMILES string of the molecule is O=C1CC[C@H](c2ccc3c(c2)CCCN3CC2CCNCC2)C(=O)N1. The first kappa shape index (κ1) is 16.6. The van der Waals surface area contributed by atoms with Crippen molar-refractivity contribution in [3.63, 3.8) is 0 Å². The summed E-state index contributed by atoms with van der Waals surface area (Å²) in [6, 6.07) is 6.51. The minimum Gasteiger partial charge on any atom is -0.371 e. The Balaban J connectivity index is 1.51. The van der Waals surface area contributed by atoms with Gasteiger partial charge in [-0.05, 0) is 68.3 Å². The summed E-state index contributed by atoms with van der Waals surface area (Å²) in [5, 5.41) is 5.92. The minimum absolute atomic E-state index is 0.140. The molecule has 4 rings (SSSR count). The number of imide groups is 1. The van der Waals surface area contributed by atoms with Crippen molar-refractivity contribution in [3.05, 3.63) is 29.3 Å². The van der Waals surface area contributed by atoms with Gasteiger partial charge in [0.05, 0.1) is 5.92 Å². The summed E-state index contributed by atoms with van der Waals surface area (Å²) in [5.74, 6) is 0.315. The van der Waals surface area contributed by atoms with E-state index in [1.54, 1.807) is 0 Å². The van der Waals surface area contributed by atoms with Gasteiger partial charge in [0.15, 0.2) is 0 Å². The first-order valence-electron chi connectivity index (χ1n) is 9.63. The molecule has 2 saturated heterocycles. The van der Waals surface area contributed by atoms with Crippen LogP contribution in [0.5, 0.6) is 0 Å². The van der Waals surface area contributed by atoms with Gasteiger partial charge in [0, 0.05) is 25.2 Å². The molecule has 1 aromatic rings. The molecule has 2 amide bonds. The highest BCUT2D eigenvalue weighted by Crippen LogP contribution is 2.33. The molecule has 3 heterocycles. The van der Waals surface area contributed by atoms with Crippen molar-refractivity contribution in [1.82, 2.24) is 10.6 Å². The molecule has 0 bridgehead atoms. The molecule has 25 heavy (non-hydrogen) atoms. The number of benzene rings is 1. The van der Waals surface area contributed by atoms with Gasteiger partial charge in [-0.15, -0.1) is 0 Å². The molecule has 0 spiro atoms. The predicted octanol–water partition coefficient (Wildman–Crippen LogP) is 1.96. The van der Waals surface area contributed by atoms with Crippen LogP contribution in [0.15, 0.2) is 18.2 Å². The van der Waals surface area contributed by atoms with Gasteiger partial charge < -0.3 is 10.2 Å². The van der Waals surface area contributed by atoms with Crippen LogP contribution in [0.4, 0.5) is 5.69 Å². The maximum absolute atomic E-state index is 12.2. The highest BCUT2D eigenvalue weighted by molar-refractivity contribution is 6.01. The molecule has 2 N–H and O–H groups in total. The number of hydrogen-bond donors (Lipinski definition) is 2. The zero-order chi connectivity index (χ0) is 17.2. The van der Waals surface area contributed by atoms with Gasteiger partial charge in [-0.2, -0.15) is 0 Å². The first-order chi connectivity index (χ1) is 12.2. The lowest BCUT2D eigenvalue weighted by Gasteiger charge is -2.36. The van der Waals surface area contributed by atoms with E-state index in [9.17, 15) is 9.59 Å². The molecule has 134 valence electrons. The van der Waals surface area contributed by atoms with Crippen LogP contribution in [0.2, 0.25) is 0 Å². The van der Waals surface area contributed by atoms with E-state index < -0.39 is 0 Å². The van der Waals surface area contributed by atoms with Crippen LogP contribution in [-0.2, 0) is 16.0 Å². The zero-order valence-corrected chi connectivity index (χ0v) is 14.7. The van der Waals surface area contributed by atoms with Crippen LogP contribution in [0, 0.1) is 5.92 Å². The number of carbonyl (C=O) groups is 2. The zero-order valence-electron chi connectivity index (χ0n) is 14.7. The van der Waals surface area contributed by atoms with Crippen LogP contribution < -0.4 is 15.5 Å². The lowest BCUT2D eigenvalue weighted by molar-refractivity contribution is -0.134. The van der Waals surface area contributed by atoms with Gasteiger partial charge in [0.25, 0.3) is 0 Å². The Labute approximate surface area is 149 Å². The molecule has 0 radical (unpaired) electrons. The number of aryl methyl sites for hydroxylation is 1. The van der Waals surface area contributed by atoms with Gasteiger partial charge in [-0.3, -0.25) is 14.9 Å². The van der Waals surface area contributed by atoms with Crippen LogP contribution in [0.25, 0.3) is 0 Å². The number of piperidine rings is 2. The molecule has 3 aliphatic heterocycles. The Morgan fingerprint density at radius 3 is 2.72 bits per heavy atom. The third-order valence-electron chi connectivity index (χ3n) is 5.90. The van der Waals surface area contributed by atoms with Crippen LogP contribution in [-0.4, -0.2) is 38.0 Å². The molecule has 0 saturated carbocycles. The Bertz CT molecular complexity index is 667. The highest BCUT2D eigenvalue weighted by atomic mass is 16.2. The Hall–Kier alpha value is -1.88. The highest BCUT2D eigenvalue weighted by Gasteiger charge is 2.29. The molecule has 1 atom stereocenters. The van der Waals surface area contributed by atoms with Crippen LogP contribution in [0.3, 0.4) is 0 Å². The number of nitrogens with one attached hydrogen (secondary N) is 2. The van der Waals surface area contributed by atoms with E-state index in [0.29, 0.717) is 12.8 Å². The van der Waals surface area contributed by atoms with Gasteiger partial charge in [0.1, 0.15) is 0 Å². The van der Waals surface area contributed by atoms with Crippen molar-refractivity contribution in [2.24, 2.45) is 5.92 Å². The molecule has 0 aliphatic carbocycles. The summed E-state index contributed by atoms with van der Waals surface area (Å²) in [6.07, 6.45) is 5.86. The molecule has 0 aromatic heterocycles. The fourth-order valence-electron chi connectivity index (χ4n) is 4.49. The molecule has 1 aromatic carbocycles. The molecule has 2 fully saturated rings. The smallest absolute Gasteiger partial charge is 0.234 e. The van der Waals surface area contributed by atoms with Gasteiger partial charge >= 0.3 is 0 Å². The van der Waals surface area contributed by atoms with Crippen LogP contribution >= 0.6 is 0 Å². The summed E-state index contributed by atoms with van der Waals surface area (Å²) in [7, 11) is 0. The molecular formula is C20H27N3O2. The number of amides is 2. The summed E-state index contributed by atoms with van der Waals surface area (Å²) in [6.45, 7) is 4.56. The second kappa shape index (κ2) is 7.16. The van der Waals surface area contributed by atoms with Crippen molar-refractivity contribution >= 4 is 17.5 Å². The van der Waals surface area contributed by atoms with E-state index in [2.05, 4.69) is 33.7 Å². The molecule has 3 aliphatic rings. The standard InChI is InChI=1S/C20H27N3O2/c24-19-6-4-17(20(25)22-19)15-3-5-18-16(12-15)2-1-11-23(18)13-14-7-9-21-10-8-14/h3,5,12,14,17,21H,1-2,4,6-11,13H2,(H,22,24,25)/t17-/m1/s1. The third-order valence-corrected chi connectivity index (χ3v) is 5.90. The van der Waals surface area contributed by atoms with Gasteiger partial charge in [-0.1, -0.05) is 12.1 Å². The summed E-state index contributed by atoms with van der Waals surface area (Å²) in [5.41, 5.74) is 3.77. The maximum Gasteiger partial charge on any atom is 0.234 e. The normalized spacial score (nSPS) is 24.8. The molecule has 0 unspecified atom stereocenters. The van der Waals surface area contributed by atoms with E-state index in [1.807, 2.05) is 0 Å². The van der Waals surface area contributed by atoms with Crippen molar-refractivity contribution in [2.45, 2.75) is 44.4 Å². The summed E-state index contributed by atoms with van der Waals surface area (Å²) < 4.78 is 0. The van der Waals surface area contributed by atoms with E-state index in [0.717, 1.165) is 44.1 Å². The Kier molecular flexibility index (Phi) is 4.75. The number of carbonyl (C=O) groups excluding carboxylic acids is 2. The largest absolute Gasteiger partial charge is 0.371 e. The second-order valence-corrected chi connectivity index (χ2v) is 7.63. The molecular weight excluding hydrogens is 314 g/mol. The Morgan fingerprint density at radius 1 is 1.08 bits per heavy atom. The number of hydrogen-bond acceptors (Lipinski definition) is 4. The lowest BCUT2D eigenvalue weighted by Crippen LogP contribution is -2.40. The van der Waals surface area contributed by atoms with Crippen molar-refractivity contribution in [2.75, 3.05) is 31.1 Å². The van der Waals surface area contributed by atoms with Crippen LogP contribution in [0.1, 0.15) is 49.1 Å². The third kappa shape index (κ3) is 3.56. The number of nitrogens with zero attached hydrogens (tertiary/aromatic N) is 1. The monoisotopic (exact) mass is 341 g/mol. The quantitative estimate of drug-likeness (QED) is 0.825. The number of rotatable bonds is 3. The maximum atomic E-state index is 12.2. The summed E-state index contributed by atoms with van der Waals surface area (Å²) >= 11 is 0. The van der Waals surface area contributed by atoms with Crippen molar-refractivity contribution in [3.8, 4) is 0 Å². The predicted molar refractivity (Wildman–Crippen MR) is 97.7 cm³/mol. The fraction of sp³-hybridized carbons (Fsp3) is 0.600. The fourth-order valence-corrected chi connectivity index (χ4v) is 4.49. The Morgan fingerprint density at radius 2 is 1.92 bits per heavy atom. The van der Waals surface area contributed by atoms with E-state index in [1.165, 1.54) is 30.5 Å². The first-order valence-corrected chi connectivity index (χ1v) is 9.63. The number of anilines is 1. The van der Waals surface area contributed by atoms with Crippen molar-refractivity contribution < 1.29 is 9.59 Å². The number of fused-ring (bicyclic) bond motifs is 1. The molecule has 5 heteroatoms. The lowest BCUT2D eigenvalue weighted by atomic mass is 9.87. The second-order valence-electron chi connectivity index (χ2n) is 7.63. The average Bonchev–Trinajstić information content (AvgIpc) is 2.62. The van der Waals surface area contributed by atoms with E-state index >= 15 is 0 Å². The van der Waals surface area contributed by atoms with Crippen molar-refractivity contribution in [1.29, 1.82) is 0 Å². The molecule has 5 nitrogen and oxygen atoms in total. The van der Waals surface area contributed by atoms with E-state index in [4.69, 9.17) is 0 Å².